The van der Waals surface area contributed by atoms with Crippen LogP contribution in [0.15, 0.2) is 12.3 Å². The van der Waals surface area contributed by atoms with Gasteiger partial charge < -0.3 is 11.1 Å². The van der Waals surface area contributed by atoms with E-state index < -0.39 is 0 Å². The summed E-state index contributed by atoms with van der Waals surface area (Å²) in [5, 5.41) is 7.10. The van der Waals surface area contributed by atoms with Gasteiger partial charge in [0.05, 0.1) is 5.41 Å². The first-order valence-electron chi connectivity index (χ1n) is 6.53. The maximum atomic E-state index is 12.1. The van der Waals surface area contributed by atoms with Crippen molar-refractivity contribution in [1.29, 1.82) is 0 Å². The number of rotatable bonds is 5. The number of hydrogen-bond acceptors (Lipinski definition) is 3. The van der Waals surface area contributed by atoms with Crippen LogP contribution in [-0.2, 0) is 18.3 Å². The summed E-state index contributed by atoms with van der Waals surface area (Å²) in [5.74, 6) is 0.738. The Morgan fingerprint density at radius 1 is 1.67 bits per heavy atom. The zero-order valence-electron chi connectivity index (χ0n) is 11.1. The summed E-state index contributed by atoms with van der Waals surface area (Å²) >= 11 is 0. The van der Waals surface area contributed by atoms with Crippen molar-refractivity contribution in [2.24, 2.45) is 24.1 Å². The van der Waals surface area contributed by atoms with Crippen molar-refractivity contribution in [2.75, 3.05) is 13.1 Å². The highest BCUT2D eigenvalue weighted by Gasteiger charge is 2.46. The number of amides is 1. The van der Waals surface area contributed by atoms with Crippen LogP contribution in [0.1, 0.15) is 25.5 Å². The number of nitrogens with one attached hydrogen (secondary N) is 1. The van der Waals surface area contributed by atoms with Crippen molar-refractivity contribution in [3.63, 3.8) is 0 Å². The fourth-order valence-corrected chi connectivity index (χ4v) is 2.86. The second-order valence-electron chi connectivity index (χ2n) is 5.45. The smallest absolute Gasteiger partial charge is 0.227 e. The quantitative estimate of drug-likeness (QED) is 0.797. The lowest BCUT2D eigenvalue weighted by Gasteiger charge is -2.44. The molecule has 0 bridgehead atoms. The van der Waals surface area contributed by atoms with Crippen molar-refractivity contribution in [1.82, 2.24) is 15.1 Å². The van der Waals surface area contributed by atoms with Crippen LogP contribution in [0.3, 0.4) is 0 Å². The summed E-state index contributed by atoms with van der Waals surface area (Å²) in [7, 11) is 1.91. The van der Waals surface area contributed by atoms with E-state index in [9.17, 15) is 4.79 Å². The molecule has 18 heavy (non-hydrogen) atoms. The van der Waals surface area contributed by atoms with E-state index in [0.29, 0.717) is 19.0 Å². The normalized spacial score (nSPS) is 26.7. The molecule has 0 spiro atoms. The summed E-state index contributed by atoms with van der Waals surface area (Å²) in [6.07, 6.45) is 4.41. The third kappa shape index (κ3) is 2.41. The van der Waals surface area contributed by atoms with Crippen LogP contribution in [0.25, 0.3) is 0 Å². The largest absolute Gasteiger partial charge is 0.355 e. The molecule has 3 N–H and O–H groups in total. The highest BCUT2D eigenvalue weighted by atomic mass is 16.2. The Bertz CT molecular complexity index is 420. The molecule has 1 amide bonds. The van der Waals surface area contributed by atoms with Gasteiger partial charge in [-0.1, -0.05) is 6.92 Å². The lowest BCUT2D eigenvalue weighted by Crippen LogP contribution is -2.53. The second-order valence-corrected chi connectivity index (χ2v) is 5.45. The molecule has 5 heteroatoms. The maximum absolute atomic E-state index is 12.1. The fourth-order valence-electron chi connectivity index (χ4n) is 2.86. The predicted octanol–water partition coefficient (Wildman–Crippen LogP) is 0.454. The van der Waals surface area contributed by atoms with Crippen molar-refractivity contribution in [2.45, 2.75) is 26.2 Å². The maximum Gasteiger partial charge on any atom is 0.227 e. The molecule has 2 rings (SSSR count). The van der Waals surface area contributed by atoms with Crippen LogP contribution in [0.4, 0.5) is 0 Å². The first-order valence-corrected chi connectivity index (χ1v) is 6.53. The van der Waals surface area contributed by atoms with Gasteiger partial charge in [0.1, 0.15) is 0 Å². The molecule has 0 unspecified atom stereocenters. The lowest BCUT2D eigenvalue weighted by molar-refractivity contribution is -0.138. The van der Waals surface area contributed by atoms with Crippen molar-refractivity contribution < 1.29 is 4.79 Å². The van der Waals surface area contributed by atoms with Gasteiger partial charge in [0.15, 0.2) is 0 Å². The summed E-state index contributed by atoms with van der Waals surface area (Å²) < 4.78 is 1.83. The molecule has 1 aromatic rings. The van der Waals surface area contributed by atoms with E-state index in [0.717, 1.165) is 25.0 Å². The van der Waals surface area contributed by atoms with Crippen molar-refractivity contribution in [3.05, 3.63) is 18.0 Å². The fraction of sp³-hybridized carbons (Fsp3) is 0.692. The first kappa shape index (κ1) is 13.1. The minimum atomic E-state index is -0.300. The Labute approximate surface area is 108 Å². The number of hydrogen-bond donors (Lipinski definition) is 2. The molecule has 1 aliphatic rings. The van der Waals surface area contributed by atoms with Gasteiger partial charge in [0.2, 0.25) is 5.91 Å². The Hall–Kier alpha value is -1.36. The van der Waals surface area contributed by atoms with Crippen LogP contribution >= 0.6 is 0 Å². The highest BCUT2D eigenvalue weighted by Crippen LogP contribution is 2.44. The van der Waals surface area contributed by atoms with E-state index in [2.05, 4.69) is 17.3 Å². The molecule has 0 saturated heterocycles. The highest BCUT2D eigenvalue weighted by molar-refractivity contribution is 5.83. The Morgan fingerprint density at radius 3 is 2.89 bits per heavy atom. The molecule has 1 saturated carbocycles. The number of carbonyl (C=O) groups is 1. The summed E-state index contributed by atoms with van der Waals surface area (Å²) in [5.41, 5.74) is 6.57. The van der Waals surface area contributed by atoms with Gasteiger partial charge in [-0.3, -0.25) is 9.48 Å². The van der Waals surface area contributed by atoms with Crippen LogP contribution in [-0.4, -0.2) is 28.8 Å². The number of nitrogens with two attached hydrogens (primary N) is 1. The van der Waals surface area contributed by atoms with Gasteiger partial charge in [-0.25, -0.2) is 0 Å². The zero-order chi connectivity index (χ0) is 13.2. The van der Waals surface area contributed by atoms with E-state index >= 15 is 0 Å². The Kier molecular flexibility index (Phi) is 3.71. The molecule has 1 fully saturated rings. The summed E-state index contributed by atoms with van der Waals surface area (Å²) in [4.78, 5) is 12.1. The molecule has 1 aromatic heterocycles. The summed E-state index contributed by atoms with van der Waals surface area (Å²) in [6, 6.07) is 1.97. The van der Waals surface area contributed by atoms with Crippen LogP contribution in [0.2, 0.25) is 0 Å². The van der Waals surface area contributed by atoms with Gasteiger partial charge in [-0.2, -0.15) is 5.10 Å². The van der Waals surface area contributed by atoms with E-state index in [1.165, 1.54) is 0 Å². The standard InChI is InChI=1S/C13H22N4O/c1-10-7-13(8-10,9-14)12(18)15-5-3-11-4-6-16-17(11)2/h4,6,10H,3,5,7-9,14H2,1-2H3,(H,15,18). The Morgan fingerprint density at radius 2 is 2.39 bits per heavy atom. The zero-order valence-corrected chi connectivity index (χ0v) is 11.1. The third-order valence-electron chi connectivity index (χ3n) is 3.94. The minimum absolute atomic E-state index is 0.116. The molecule has 0 aromatic carbocycles. The van der Waals surface area contributed by atoms with E-state index in [4.69, 9.17) is 5.73 Å². The van der Waals surface area contributed by atoms with E-state index in [-0.39, 0.29) is 11.3 Å². The van der Waals surface area contributed by atoms with Gasteiger partial charge >= 0.3 is 0 Å². The number of aryl methyl sites for hydroxylation is 1. The molecule has 100 valence electrons. The second kappa shape index (κ2) is 5.10. The minimum Gasteiger partial charge on any atom is -0.355 e. The Balaban J connectivity index is 1.80. The number of aromatic nitrogens is 2. The van der Waals surface area contributed by atoms with Gasteiger partial charge in [-0.05, 0) is 24.8 Å². The average Bonchev–Trinajstić information content (AvgIpc) is 2.70. The molecule has 1 heterocycles. The molecule has 0 atom stereocenters. The van der Waals surface area contributed by atoms with E-state index in [1.807, 2.05) is 17.8 Å². The van der Waals surface area contributed by atoms with Crippen LogP contribution in [0, 0.1) is 11.3 Å². The molecule has 1 aliphatic carbocycles. The predicted molar refractivity (Wildman–Crippen MR) is 69.8 cm³/mol. The molecular weight excluding hydrogens is 228 g/mol. The van der Waals surface area contributed by atoms with Crippen LogP contribution < -0.4 is 11.1 Å². The van der Waals surface area contributed by atoms with Crippen molar-refractivity contribution >= 4 is 5.91 Å². The van der Waals surface area contributed by atoms with Gasteiger partial charge in [0, 0.05) is 38.4 Å². The molecule has 0 radical (unpaired) electrons. The van der Waals surface area contributed by atoms with E-state index in [1.54, 1.807) is 6.20 Å². The average molecular weight is 250 g/mol. The molecule has 0 aliphatic heterocycles. The molecule has 5 nitrogen and oxygen atoms in total. The van der Waals surface area contributed by atoms with Gasteiger partial charge in [0.25, 0.3) is 0 Å². The van der Waals surface area contributed by atoms with Gasteiger partial charge in [-0.15, -0.1) is 0 Å². The number of carbonyl (C=O) groups excluding carboxylic acids is 1. The third-order valence-corrected chi connectivity index (χ3v) is 3.94. The topological polar surface area (TPSA) is 72.9 Å². The van der Waals surface area contributed by atoms with Crippen molar-refractivity contribution in [3.8, 4) is 0 Å². The SMILES string of the molecule is CC1CC(CN)(C(=O)NCCc2ccnn2C)C1. The lowest BCUT2D eigenvalue weighted by atomic mass is 9.62. The summed E-state index contributed by atoms with van der Waals surface area (Å²) in [6.45, 7) is 3.26. The number of nitrogens with zero attached hydrogens (tertiary/aromatic N) is 2. The monoisotopic (exact) mass is 250 g/mol. The van der Waals surface area contributed by atoms with Crippen LogP contribution in [0.5, 0.6) is 0 Å². The molecular formula is C13H22N4O. The first-order chi connectivity index (χ1) is 8.57.